The van der Waals surface area contributed by atoms with Crippen LogP contribution in [0, 0.1) is 0 Å². The zero-order valence-corrected chi connectivity index (χ0v) is 13.6. The number of hydrogen-bond acceptors (Lipinski definition) is 4. The second-order valence-electron chi connectivity index (χ2n) is 5.60. The quantitative estimate of drug-likeness (QED) is 0.511. The van der Waals surface area contributed by atoms with Gasteiger partial charge in [-0.05, 0) is 28.3 Å². The number of carbonyl (C=O) groups is 2. The third kappa shape index (κ3) is 4.61. The molecule has 4 heteroatoms. The average Bonchev–Trinajstić information content (AvgIpc) is 2.68. The Kier molecular flexibility index (Phi) is 5.32. The van der Waals surface area contributed by atoms with Gasteiger partial charge in [0, 0.05) is 18.8 Å². The minimum absolute atomic E-state index is 0.0287. The molecule has 0 spiro atoms. The number of aromatic nitrogens is 1. The number of Topliss-reactive ketones (excluding diaryl/α,β-unsaturated/α-hetero) is 1. The minimum Gasteiger partial charge on any atom is -0.455 e. The van der Waals surface area contributed by atoms with E-state index >= 15 is 0 Å². The van der Waals surface area contributed by atoms with Crippen LogP contribution in [0.3, 0.4) is 0 Å². The molecule has 0 amide bonds. The van der Waals surface area contributed by atoms with Crippen molar-refractivity contribution in [3.8, 4) is 11.1 Å². The van der Waals surface area contributed by atoms with Gasteiger partial charge in [0.2, 0.25) is 5.78 Å². The maximum absolute atomic E-state index is 12.0. The first-order valence-corrected chi connectivity index (χ1v) is 7.95. The number of nitrogens with zero attached hydrogens (tertiary/aromatic N) is 1. The van der Waals surface area contributed by atoms with Crippen molar-refractivity contribution in [1.82, 2.24) is 4.98 Å². The van der Waals surface area contributed by atoms with Crippen molar-refractivity contribution < 1.29 is 14.3 Å². The molecule has 0 radical (unpaired) electrons. The number of ketones is 1. The minimum atomic E-state index is -0.805. The van der Waals surface area contributed by atoms with E-state index in [4.69, 9.17) is 4.74 Å². The number of ether oxygens (including phenoxy) is 1. The molecule has 0 atom stereocenters. The molecule has 2 aromatic carbocycles. The summed E-state index contributed by atoms with van der Waals surface area (Å²) in [6, 6.07) is 20.6. The van der Waals surface area contributed by atoms with Crippen LogP contribution >= 0.6 is 0 Å². The molecule has 0 aliphatic rings. The number of hydrogen-bond donors (Lipinski definition) is 0. The summed E-state index contributed by atoms with van der Waals surface area (Å²) in [5, 5.41) is 0. The van der Waals surface area contributed by atoms with E-state index in [2.05, 4.69) is 4.98 Å². The summed E-state index contributed by atoms with van der Waals surface area (Å²) in [5.41, 5.74) is 3.64. The Morgan fingerprint density at radius 2 is 1.56 bits per heavy atom. The van der Waals surface area contributed by atoms with Crippen LogP contribution in [0.25, 0.3) is 11.1 Å². The normalized spacial score (nSPS) is 10.2. The van der Waals surface area contributed by atoms with Gasteiger partial charge in [0.1, 0.15) is 6.61 Å². The van der Waals surface area contributed by atoms with Gasteiger partial charge in [-0.2, -0.15) is 0 Å². The van der Waals surface area contributed by atoms with E-state index < -0.39 is 11.8 Å². The fourth-order valence-corrected chi connectivity index (χ4v) is 2.41. The summed E-state index contributed by atoms with van der Waals surface area (Å²) >= 11 is 0. The number of rotatable bonds is 6. The molecular formula is C21H17NO3. The topological polar surface area (TPSA) is 56.3 Å². The standard InChI is InChI=1S/C21H17NO3/c23-20(21(24)25-15-17-5-2-1-3-6-17)13-16-8-10-18(11-9-16)19-7-4-12-22-14-19/h1-12,14H,13,15H2. The molecule has 4 nitrogen and oxygen atoms in total. The first-order valence-electron chi connectivity index (χ1n) is 7.95. The van der Waals surface area contributed by atoms with Crippen molar-refractivity contribution in [2.75, 3.05) is 0 Å². The summed E-state index contributed by atoms with van der Waals surface area (Å²) in [7, 11) is 0. The highest BCUT2D eigenvalue weighted by Crippen LogP contribution is 2.18. The lowest BCUT2D eigenvalue weighted by molar-refractivity contribution is -0.154. The zero-order valence-electron chi connectivity index (χ0n) is 13.6. The van der Waals surface area contributed by atoms with Crippen LogP contribution in [0.5, 0.6) is 0 Å². The van der Waals surface area contributed by atoms with E-state index in [0.717, 1.165) is 22.3 Å². The second kappa shape index (κ2) is 8.02. The van der Waals surface area contributed by atoms with Crippen LogP contribution in [0.15, 0.2) is 79.1 Å². The van der Waals surface area contributed by atoms with Crippen LogP contribution < -0.4 is 0 Å². The molecule has 0 saturated carbocycles. The SMILES string of the molecule is O=C(Cc1ccc(-c2cccnc2)cc1)C(=O)OCc1ccccc1. The van der Waals surface area contributed by atoms with Crippen molar-refractivity contribution in [3.05, 3.63) is 90.3 Å². The largest absolute Gasteiger partial charge is 0.455 e. The molecule has 0 unspecified atom stereocenters. The van der Waals surface area contributed by atoms with Crippen molar-refractivity contribution in [2.24, 2.45) is 0 Å². The maximum atomic E-state index is 12.0. The highest BCUT2D eigenvalue weighted by Gasteiger charge is 2.16. The van der Waals surface area contributed by atoms with E-state index in [1.807, 2.05) is 66.7 Å². The Balaban J connectivity index is 1.56. The van der Waals surface area contributed by atoms with Crippen molar-refractivity contribution in [2.45, 2.75) is 13.0 Å². The first kappa shape index (κ1) is 16.6. The van der Waals surface area contributed by atoms with Gasteiger partial charge < -0.3 is 4.74 Å². The smallest absolute Gasteiger partial charge is 0.375 e. The highest BCUT2D eigenvalue weighted by molar-refractivity contribution is 6.34. The third-order valence-electron chi connectivity index (χ3n) is 3.75. The van der Waals surface area contributed by atoms with Crippen LogP contribution in [-0.2, 0) is 27.4 Å². The van der Waals surface area contributed by atoms with Crippen molar-refractivity contribution in [1.29, 1.82) is 0 Å². The number of esters is 1. The van der Waals surface area contributed by atoms with E-state index in [-0.39, 0.29) is 13.0 Å². The van der Waals surface area contributed by atoms with Crippen LogP contribution in [0.4, 0.5) is 0 Å². The Morgan fingerprint density at radius 3 is 2.24 bits per heavy atom. The van der Waals surface area contributed by atoms with Gasteiger partial charge in [0.15, 0.2) is 0 Å². The third-order valence-corrected chi connectivity index (χ3v) is 3.75. The molecule has 124 valence electrons. The van der Waals surface area contributed by atoms with Gasteiger partial charge in [-0.15, -0.1) is 0 Å². The monoisotopic (exact) mass is 331 g/mol. The second-order valence-corrected chi connectivity index (χ2v) is 5.60. The Bertz CT molecular complexity index is 843. The van der Waals surface area contributed by atoms with Crippen molar-refractivity contribution in [3.63, 3.8) is 0 Å². The van der Waals surface area contributed by atoms with Gasteiger partial charge in [-0.1, -0.05) is 60.7 Å². The zero-order chi connectivity index (χ0) is 17.5. The lowest BCUT2D eigenvalue weighted by Gasteiger charge is -2.05. The van der Waals surface area contributed by atoms with Gasteiger partial charge in [0.05, 0.1) is 0 Å². The fraction of sp³-hybridized carbons (Fsp3) is 0.0952. The number of benzene rings is 2. The summed E-state index contributed by atoms with van der Waals surface area (Å²) in [6.07, 6.45) is 3.53. The molecule has 0 saturated heterocycles. The molecule has 0 aliphatic carbocycles. The molecule has 0 fully saturated rings. The predicted octanol–water partition coefficient (Wildman–Crippen LogP) is 3.60. The summed E-state index contributed by atoms with van der Waals surface area (Å²) in [5.74, 6) is -1.36. The van der Waals surface area contributed by atoms with E-state index in [9.17, 15) is 9.59 Å². The molecule has 1 aromatic heterocycles. The van der Waals surface area contributed by atoms with Gasteiger partial charge in [0.25, 0.3) is 0 Å². The summed E-state index contributed by atoms with van der Waals surface area (Å²) in [6.45, 7) is 0.103. The molecule has 3 aromatic rings. The molecule has 25 heavy (non-hydrogen) atoms. The molecule has 1 heterocycles. The Labute approximate surface area is 146 Å². The van der Waals surface area contributed by atoms with E-state index in [0.29, 0.717) is 0 Å². The van der Waals surface area contributed by atoms with Crippen molar-refractivity contribution >= 4 is 11.8 Å². The summed E-state index contributed by atoms with van der Waals surface area (Å²) in [4.78, 5) is 27.9. The number of carbonyl (C=O) groups excluding carboxylic acids is 2. The highest BCUT2D eigenvalue weighted by atomic mass is 16.5. The molecule has 0 N–H and O–H groups in total. The summed E-state index contributed by atoms with van der Waals surface area (Å²) < 4.78 is 5.06. The maximum Gasteiger partial charge on any atom is 0.375 e. The van der Waals surface area contributed by atoms with Crippen LogP contribution in [-0.4, -0.2) is 16.7 Å². The first-order chi connectivity index (χ1) is 12.2. The Hall–Kier alpha value is -3.27. The Morgan fingerprint density at radius 1 is 0.800 bits per heavy atom. The van der Waals surface area contributed by atoms with E-state index in [1.54, 1.807) is 12.4 Å². The predicted molar refractivity (Wildman–Crippen MR) is 94.6 cm³/mol. The fourth-order valence-electron chi connectivity index (χ4n) is 2.41. The molecule has 3 rings (SSSR count). The lowest BCUT2D eigenvalue weighted by atomic mass is 10.0. The van der Waals surface area contributed by atoms with Crippen LogP contribution in [0.1, 0.15) is 11.1 Å². The lowest BCUT2D eigenvalue weighted by Crippen LogP contribution is -2.19. The molecule has 0 aliphatic heterocycles. The van der Waals surface area contributed by atoms with E-state index in [1.165, 1.54) is 0 Å². The van der Waals surface area contributed by atoms with Gasteiger partial charge in [-0.25, -0.2) is 4.79 Å². The van der Waals surface area contributed by atoms with Gasteiger partial charge >= 0.3 is 5.97 Å². The average molecular weight is 331 g/mol. The van der Waals surface area contributed by atoms with Crippen LogP contribution in [0.2, 0.25) is 0 Å². The molecule has 0 bridgehead atoms. The van der Waals surface area contributed by atoms with Gasteiger partial charge in [-0.3, -0.25) is 9.78 Å². The molecular weight excluding hydrogens is 314 g/mol. The number of pyridine rings is 1.